The maximum Gasteiger partial charge on any atom is 0.239 e. The minimum Gasteiger partial charge on any atom is -0.393 e. The summed E-state index contributed by atoms with van der Waals surface area (Å²) in [5, 5.41) is 10.4. The van der Waals surface area contributed by atoms with E-state index in [-0.39, 0.29) is 12.3 Å². The van der Waals surface area contributed by atoms with E-state index in [4.69, 9.17) is 5.41 Å². The molecule has 21 heavy (non-hydrogen) atoms. The van der Waals surface area contributed by atoms with Crippen molar-refractivity contribution < 1.29 is 8.78 Å². The zero-order valence-corrected chi connectivity index (χ0v) is 12.4. The fraction of sp³-hybridized carbons (Fsp3) is 0.438. The first kappa shape index (κ1) is 15.5. The highest BCUT2D eigenvalue weighted by Gasteiger charge is 2.25. The summed E-state index contributed by atoms with van der Waals surface area (Å²) in [6, 6.07) is 5.99. The normalized spacial score (nSPS) is 18.6. The molecule has 0 spiro atoms. The smallest absolute Gasteiger partial charge is 0.239 e. The van der Waals surface area contributed by atoms with Gasteiger partial charge >= 0.3 is 0 Å². The van der Waals surface area contributed by atoms with Crippen LogP contribution in [0.25, 0.3) is 5.57 Å². The van der Waals surface area contributed by atoms with Crippen LogP contribution in [0.3, 0.4) is 0 Å². The lowest BCUT2D eigenvalue weighted by molar-refractivity contribution is 0.115. The van der Waals surface area contributed by atoms with Crippen molar-refractivity contribution in [2.24, 2.45) is 5.92 Å². The molecule has 2 N–H and O–H groups in total. The van der Waals surface area contributed by atoms with Crippen LogP contribution in [0.15, 0.2) is 24.4 Å². The van der Waals surface area contributed by atoms with Gasteiger partial charge in [0.1, 0.15) is 0 Å². The van der Waals surface area contributed by atoms with Crippen molar-refractivity contribution in [2.45, 2.75) is 19.3 Å². The summed E-state index contributed by atoms with van der Waals surface area (Å²) >= 11 is 0. The van der Waals surface area contributed by atoms with Crippen LogP contribution in [-0.2, 0) is 6.42 Å². The highest BCUT2D eigenvalue weighted by atomic mass is 19.3. The number of anilines is 1. The number of benzene rings is 1. The number of rotatable bonds is 5. The van der Waals surface area contributed by atoms with Gasteiger partial charge in [-0.25, -0.2) is 8.78 Å². The molecule has 0 radical (unpaired) electrons. The van der Waals surface area contributed by atoms with Crippen LogP contribution in [0.1, 0.15) is 17.5 Å². The number of fused-ring (bicyclic) bond motifs is 1. The maximum atomic E-state index is 12.6. The Labute approximate surface area is 124 Å². The number of alkyl halides is 2. The van der Waals surface area contributed by atoms with Gasteiger partial charge in [-0.15, -0.1) is 0 Å². The van der Waals surface area contributed by atoms with Gasteiger partial charge in [0.2, 0.25) is 6.43 Å². The van der Waals surface area contributed by atoms with Gasteiger partial charge in [0.15, 0.2) is 0 Å². The third-order valence-electron chi connectivity index (χ3n) is 3.83. The van der Waals surface area contributed by atoms with Crippen molar-refractivity contribution in [3.05, 3.63) is 35.5 Å². The Morgan fingerprint density at radius 1 is 1.52 bits per heavy atom. The van der Waals surface area contributed by atoms with Crippen LogP contribution in [0.5, 0.6) is 0 Å². The lowest BCUT2D eigenvalue weighted by atomic mass is 9.89. The van der Waals surface area contributed by atoms with Crippen LogP contribution in [0.2, 0.25) is 0 Å². The molecule has 1 aliphatic rings. The second-order valence-electron chi connectivity index (χ2n) is 5.45. The Bertz CT molecular complexity index is 540. The fourth-order valence-corrected chi connectivity index (χ4v) is 2.94. The third-order valence-corrected chi connectivity index (χ3v) is 3.83. The first-order chi connectivity index (χ1) is 10.0. The van der Waals surface area contributed by atoms with Crippen molar-refractivity contribution in [2.75, 3.05) is 25.5 Å². The molecule has 2 rings (SSSR count). The second-order valence-corrected chi connectivity index (χ2v) is 5.45. The Balaban J connectivity index is 2.30. The molecule has 0 bridgehead atoms. The lowest BCUT2D eigenvalue weighted by Crippen LogP contribution is -2.33. The van der Waals surface area contributed by atoms with Crippen molar-refractivity contribution in [1.29, 1.82) is 5.41 Å². The second kappa shape index (κ2) is 6.70. The first-order valence-corrected chi connectivity index (χ1v) is 7.05. The van der Waals surface area contributed by atoms with Crippen LogP contribution < -0.4 is 10.2 Å². The van der Waals surface area contributed by atoms with Gasteiger partial charge in [-0.2, -0.15) is 0 Å². The summed E-state index contributed by atoms with van der Waals surface area (Å²) in [7, 11) is 3.73. The van der Waals surface area contributed by atoms with Gasteiger partial charge in [0.05, 0.1) is 0 Å². The molecule has 0 amide bonds. The topological polar surface area (TPSA) is 39.1 Å². The minimum atomic E-state index is -2.26. The van der Waals surface area contributed by atoms with Gasteiger partial charge < -0.3 is 15.6 Å². The summed E-state index contributed by atoms with van der Waals surface area (Å²) in [6.45, 7) is 0.667. The predicted octanol–water partition coefficient (Wildman–Crippen LogP) is 3.16. The highest BCUT2D eigenvalue weighted by molar-refractivity contribution is 6.08. The van der Waals surface area contributed by atoms with E-state index in [1.807, 2.05) is 30.1 Å². The van der Waals surface area contributed by atoms with E-state index in [2.05, 4.69) is 5.32 Å². The van der Waals surface area contributed by atoms with E-state index in [0.717, 1.165) is 22.4 Å². The lowest BCUT2D eigenvalue weighted by Gasteiger charge is -2.33. The van der Waals surface area contributed by atoms with E-state index in [9.17, 15) is 8.78 Å². The molecular formula is C16H21F2N3. The molecule has 114 valence electrons. The Morgan fingerprint density at radius 2 is 2.29 bits per heavy atom. The maximum absolute atomic E-state index is 12.6. The molecule has 0 fully saturated rings. The largest absolute Gasteiger partial charge is 0.393 e. The monoisotopic (exact) mass is 293 g/mol. The average Bonchev–Trinajstić information content (AvgIpc) is 2.43. The molecule has 1 heterocycles. The Morgan fingerprint density at radius 3 is 2.90 bits per heavy atom. The van der Waals surface area contributed by atoms with Gasteiger partial charge in [-0.1, -0.05) is 6.07 Å². The summed E-state index contributed by atoms with van der Waals surface area (Å²) in [4.78, 5) is 2.04. The predicted molar refractivity (Wildman–Crippen MR) is 83.3 cm³/mol. The van der Waals surface area contributed by atoms with Gasteiger partial charge in [0, 0.05) is 50.7 Å². The molecule has 1 unspecified atom stereocenters. The van der Waals surface area contributed by atoms with Crippen LogP contribution in [0.4, 0.5) is 14.5 Å². The molecule has 0 aliphatic carbocycles. The molecule has 0 aromatic heterocycles. The van der Waals surface area contributed by atoms with Gasteiger partial charge in [-0.3, -0.25) is 0 Å². The molecule has 5 heteroatoms. The van der Waals surface area contributed by atoms with E-state index < -0.39 is 6.43 Å². The number of nitrogens with one attached hydrogen (secondary N) is 2. The zero-order valence-electron chi connectivity index (χ0n) is 12.4. The average molecular weight is 293 g/mol. The number of hydrogen-bond donors (Lipinski definition) is 2. The van der Waals surface area contributed by atoms with Crippen LogP contribution in [0, 0.1) is 11.3 Å². The minimum absolute atomic E-state index is 0.0190. The number of nitrogens with zero attached hydrogens (tertiary/aromatic N) is 1. The fourth-order valence-electron chi connectivity index (χ4n) is 2.94. The quantitative estimate of drug-likeness (QED) is 0.819. The molecule has 1 atom stereocenters. The van der Waals surface area contributed by atoms with E-state index in [1.54, 1.807) is 13.2 Å². The Hall–Kier alpha value is -1.91. The zero-order chi connectivity index (χ0) is 15.4. The highest BCUT2D eigenvalue weighted by Crippen LogP contribution is 2.33. The molecule has 3 nitrogen and oxygen atoms in total. The summed E-state index contributed by atoms with van der Waals surface area (Å²) in [5.41, 5.74) is 3.89. The molecule has 0 saturated heterocycles. The van der Waals surface area contributed by atoms with Crippen molar-refractivity contribution in [1.82, 2.24) is 5.32 Å². The van der Waals surface area contributed by atoms with E-state index in [1.165, 1.54) is 6.21 Å². The Kier molecular flexibility index (Phi) is 4.94. The third kappa shape index (κ3) is 3.60. The number of hydrogen-bond acceptors (Lipinski definition) is 3. The molecule has 1 aliphatic heterocycles. The molecular weight excluding hydrogens is 272 g/mol. The SMILES string of the molecule is CN/C=C(\C=N)c1ccc2c(c1)CC(CC(F)F)CN2C. The number of halogens is 2. The van der Waals surface area contributed by atoms with Crippen molar-refractivity contribution >= 4 is 17.5 Å². The van der Waals surface area contributed by atoms with Crippen LogP contribution in [-0.4, -0.2) is 33.3 Å². The molecule has 1 aromatic rings. The summed E-state index contributed by atoms with van der Waals surface area (Å²) in [6.07, 6.45) is 1.41. The van der Waals surface area contributed by atoms with Gasteiger partial charge in [0.25, 0.3) is 0 Å². The molecule has 0 saturated carbocycles. The summed E-state index contributed by atoms with van der Waals surface area (Å²) < 4.78 is 25.2. The van der Waals surface area contributed by atoms with E-state index >= 15 is 0 Å². The number of allylic oxidation sites excluding steroid dienone is 1. The van der Waals surface area contributed by atoms with Crippen LogP contribution >= 0.6 is 0 Å². The summed E-state index contributed by atoms with van der Waals surface area (Å²) in [5.74, 6) is -0.0190. The van der Waals surface area contributed by atoms with Crippen molar-refractivity contribution in [3.63, 3.8) is 0 Å². The van der Waals surface area contributed by atoms with Gasteiger partial charge in [-0.05, 0) is 35.6 Å². The van der Waals surface area contributed by atoms with Crippen molar-refractivity contribution in [3.8, 4) is 0 Å². The molecule has 1 aromatic carbocycles. The first-order valence-electron chi connectivity index (χ1n) is 7.05. The standard InChI is InChI=1S/C16H21F2N3/c1-20-9-14(8-19)12-3-4-15-13(7-12)5-11(6-16(17)18)10-21(15)2/h3-4,7-9,11,16,19-20H,5-6,10H2,1-2H3/b14-9+,19-8?. The van der Waals surface area contributed by atoms with E-state index in [0.29, 0.717) is 13.0 Å².